The molecule has 0 amide bonds. The Morgan fingerprint density at radius 3 is 1.06 bits per heavy atom. The van der Waals surface area contributed by atoms with Crippen molar-refractivity contribution in [2.45, 2.75) is 13.8 Å². The molecule has 0 spiro atoms. The van der Waals surface area contributed by atoms with E-state index in [1.807, 2.05) is 0 Å². The van der Waals surface area contributed by atoms with E-state index >= 15 is 0 Å². The number of anilines is 6. The number of aryl methyl sites for hydroxylation is 2. The van der Waals surface area contributed by atoms with Crippen molar-refractivity contribution in [3.05, 3.63) is 185 Å². The Labute approximate surface area is 290 Å². The van der Waals surface area contributed by atoms with Gasteiger partial charge in [0.15, 0.2) is 0 Å². The largest absolute Gasteiger partial charge is 0.310 e. The first-order chi connectivity index (χ1) is 23.6. The SMILES string of the molecule is Cc1cc(-n2c3ccc(N(c4ccccc4)c4ccccc4)cc3c3cc(N(c4ccccc4)c4ccccc4)ccc32)cc(C)c1Br. The summed E-state index contributed by atoms with van der Waals surface area (Å²) in [6.45, 7) is 4.33. The molecule has 0 saturated heterocycles. The Kier molecular flexibility index (Phi) is 7.79. The normalized spacial score (nSPS) is 11.2. The first-order valence-corrected chi connectivity index (χ1v) is 17.0. The molecule has 48 heavy (non-hydrogen) atoms. The minimum atomic E-state index is 1.11. The van der Waals surface area contributed by atoms with E-state index in [0.29, 0.717) is 0 Å². The number of fused-ring (bicyclic) bond motifs is 3. The van der Waals surface area contributed by atoms with Crippen molar-refractivity contribution < 1.29 is 0 Å². The zero-order chi connectivity index (χ0) is 32.6. The molecular formula is C44H34BrN3. The lowest BCUT2D eigenvalue weighted by Crippen LogP contribution is -2.09. The Morgan fingerprint density at radius 1 is 0.396 bits per heavy atom. The van der Waals surface area contributed by atoms with Crippen molar-refractivity contribution in [2.75, 3.05) is 9.80 Å². The van der Waals surface area contributed by atoms with Crippen molar-refractivity contribution in [2.24, 2.45) is 0 Å². The predicted octanol–water partition coefficient (Wildman–Crippen LogP) is 13.1. The number of para-hydroxylation sites is 4. The Morgan fingerprint density at radius 2 is 0.729 bits per heavy atom. The molecular weight excluding hydrogens is 650 g/mol. The second-order valence-corrected chi connectivity index (χ2v) is 12.9. The number of hydrogen-bond donors (Lipinski definition) is 0. The third-order valence-corrected chi connectivity index (χ3v) is 10.2. The number of rotatable bonds is 7. The second kappa shape index (κ2) is 12.6. The summed E-state index contributed by atoms with van der Waals surface area (Å²) in [4.78, 5) is 4.67. The molecule has 4 heteroatoms. The zero-order valence-corrected chi connectivity index (χ0v) is 28.5. The van der Waals surface area contributed by atoms with E-state index in [2.05, 4.69) is 214 Å². The van der Waals surface area contributed by atoms with Gasteiger partial charge in [0.05, 0.1) is 11.0 Å². The summed E-state index contributed by atoms with van der Waals surface area (Å²) in [6.07, 6.45) is 0. The number of nitrogens with zero attached hydrogens (tertiary/aromatic N) is 3. The summed E-state index contributed by atoms with van der Waals surface area (Å²) in [6, 6.07) is 60.7. The van der Waals surface area contributed by atoms with E-state index in [4.69, 9.17) is 0 Å². The van der Waals surface area contributed by atoms with Crippen LogP contribution in [-0.4, -0.2) is 4.57 Å². The minimum absolute atomic E-state index is 1.11. The molecule has 0 saturated carbocycles. The standard InChI is InChI=1S/C44H34BrN3/c1-31-27-39(28-32(2)44(31)45)48-42-25-23-37(46(33-15-7-3-8-16-33)34-17-9-4-10-18-34)29-40(42)41-30-38(24-26-43(41)48)47(35-19-11-5-12-20-35)36-21-13-6-14-22-36/h3-30H,1-2H3. The van der Waals surface area contributed by atoms with Crippen LogP contribution in [-0.2, 0) is 0 Å². The Balaban J connectivity index is 1.41. The van der Waals surface area contributed by atoms with E-state index < -0.39 is 0 Å². The molecule has 1 heterocycles. The highest BCUT2D eigenvalue weighted by molar-refractivity contribution is 9.10. The molecule has 0 aliphatic rings. The fourth-order valence-electron chi connectivity index (χ4n) is 6.81. The van der Waals surface area contributed by atoms with Crippen molar-refractivity contribution in [3.63, 3.8) is 0 Å². The van der Waals surface area contributed by atoms with Gasteiger partial charge in [-0.3, -0.25) is 0 Å². The van der Waals surface area contributed by atoms with E-state index in [-0.39, 0.29) is 0 Å². The molecule has 0 radical (unpaired) electrons. The van der Waals surface area contributed by atoms with E-state index in [1.165, 1.54) is 32.9 Å². The lowest BCUT2D eigenvalue weighted by Gasteiger charge is -2.26. The van der Waals surface area contributed by atoms with Crippen LogP contribution in [0.15, 0.2) is 174 Å². The van der Waals surface area contributed by atoms with E-state index in [0.717, 1.165) is 44.3 Å². The van der Waals surface area contributed by atoms with Crippen LogP contribution in [0.1, 0.15) is 11.1 Å². The van der Waals surface area contributed by atoms with Crippen LogP contribution in [0.4, 0.5) is 34.1 Å². The number of benzene rings is 7. The molecule has 0 bridgehead atoms. The van der Waals surface area contributed by atoms with Gasteiger partial charge < -0.3 is 14.4 Å². The van der Waals surface area contributed by atoms with Crippen LogP contribution in [0.3, 0.4) is 0 Å². The van der Waals surface area contributed by atoms with E-state index in [1.54, 1.807) is 0 Å². The maximum atomic E-state index is 3.80. The Bertz CT molecular complexity index is 2120. The summed E-state index contributed by atoms with van der Waals surface area (Å²) in [5, 5.41) is 2.39. The van der Waals surface area contributed by atoms with Crippen LogP contribution in [0.2, 0.25) is 0 Å². The first kappa shape index (κ1) is 29.8. The molecule has 8 aromatic rings. The molecule has 7 aromatic carbocycles. The van der Waals surface area contributed by atoms with Crippen molar-refractivity contribution in [1.29, 1.82) is 0 Å². The second-order valence-electron chi connectivity index (χ2n) is 12.1. The summed E-state index contributed by atoms with van der Waals surface area (Å²) >= 11 is 3.80. The third kappa shape index (κ3) is 5.34. The van der Waals surface area contributed by atoms with Gasteiger partial charge in [-0.05, 0) is 122 Å². The number of halogens is 1. The average Bonchev–Trinajstić information content (AvgIpc) is 3.46. The highest BCUT2D eigenvalue weighted by Crippen LogP contribution is 2.43. The van der Waals surface area contributed by atoms with Crippen molar-refractivity contribution >= 4 is 71.9 Å². The number of aromatic nitrogens is 1. The van der Waals surface area contributed by atoms with Gasteiger partial charge in [-0.1, -0.05) is 88.7 Å². The fraction of sp³-hybridized carbons (Fsp3) is 0.0455. The van der Waals surface area contributed by atoms with Crippen LogP contribution >= 0.6 is 15.9 Å². The molecule has 0 aliphatic heterocycles. The van der Waals surface area contributed by atoms with Gasteiger partial charge in [0, 0.05) is 55.1 Å². The third-order valence-electron chi connectivity index (χ3n) is 8.99. The highest BCUT2D eigenvalue weighted by atomic mass is 79.9. The fourth-order valence-corrected chi connectivity index (χ4v) is 7.04. The minimum Gasteiger partial charge on any atom is -0.310 e. The molecule has 8 rings (SSSR count). The van der Waals surface area contributed by atoms with Gasteiger partial charge in [0.25, 0.3) is 0 Å². The first-order valence-electron chi connectivity index (χ1n) is 16.2. The summed E-state index contributed by atoms with van der Waals surface area (Å²) in [5.74, 6) is 0. The van der Waals surface area contributed by atoms with Gasteiger partial charge in [-0.2, -0.15) is 0 Å². The van der Waals surface area contributed by atoms with Crippen molar-refractivity contribution in [3.8, 4) is 5.69 Å². The van der Waals surface area contributed by atoms with Gasteiger partial charge in [0.1, 0.15) is 0 Å². The lowest BCUT2D eigenvalue weighted by atomic mass is 10.1. The summed E-state index contributed by atoms with van der Waals surface area (Å²) in [7, 11) is 0. The molecule has 0 aliphatic carbocycles. The topological polar surface area (TPSA) is 11.4 Å². The van der Waals surface area contributed by atoms with Crippen molar-refractivity contribution in [1.82, 2.24) is 4.57 Å². The maximum Gasteiger partial charge on any atom is 0.0542 e. The monoisotopic (exact) mass is 683 g/mol. The van der Waals surface area contributed by atoms with Gasteiger partial charge in [-0.15, -0.1) is 0 Å². The molecule has 0 atom stereocenters. The molecule has 0 fully saturated rings. The lowest BCUT2D eigenvalue weighted by molar-refractivity contribution is 1.15. The quantitative estimate of drug-likeness (QED) is 0.166. The van der Waals surface area contributed by atoms with Gasteiger partial charge in [-0.25, -0.2) is 0 Å². The predicted molar refractivity (Wildman–Crippen MR) is 207 cm³/mol. The smallest absolute Gasteiger partial charge is 0.0542 e. The van der Waals surface area contributed by atoms with Crippen LogP contribution < -0.4 is 9.80 Å². The zero-order valence-electron chi connectivity index (χ0n) is 26.9. The number of hydrogen-bond acceptors (Lipinski definition) is 2. The highest BCUT2D eigenvalue weighted by Gasteiger charge is 2.20. The van der Waals surface area contributed by atoms with E-state index in [9.17, 15) is 0 Å². The van der Waals surface area contributed by atoms with Gasteiger partial charge in [0.2, 0.25) is 0 Å². The summed E-state index contributed by atoms with van der Waals surface area (Å²) in [5.41, 5.74) is 12.6. The van der Waals surface area contributed by atoms with Crippen LogP contribution in [0.25, 0.3) is 27.5 Å². The molecule has 3 nitrogen and oxygen atoms in total. The molecule has 1 aromatic heterocycles. The van der Waals surface area contributed by atoms with Crippen LogP contribution in [0.5, 0.6) is 0 Å². The van der Waals surface area contributed by atoms with Crippen LogP contribution in [0, 0.1) is 13.8 Å². The molecule has 232 valence electrons. The molecule has 0 unspecified atom stereocenters. The van der Waals surface area contributed by atoms with Gasteiger partial charge >= 0.3 is 0 Å². The average molecular weight is 685 g/mol. The molecule has 0 N–H and O–H groups in total. The Hall–Kier alpha value is -5.58. The maximum absolute atomic E-state index is 3.80. The summed E-state index contributed by atoms with van der Waals surface area (Å²) < 4.78 is 3.56.